The van der Waals surface area contributed by atoms with Gasteiger partial charge >= 0.3 is 0 Å². The van der Waals surface area contributed by atoms with E-state index >= 15 is 0 Å². The normalized spacial score (nSPS) is 21.5. The summed E-state index contributed by atoms with van der Waals surface area (Å²) in [4.78, 5) is 14.0. The number of amides is 1. The van der Waals surface area contributed by atoms with Gasteiger partial charge in [0.1, 0.15) is 5.75 Å². The second-order valence-corrected chi connectivity index (χ2v) is 7.19. The summed E-state index contributed by atoms with van der Waals surface area (Å²) >= 11 is 0. The molecule has 1 unspecified atom stereocenters. The van der Waals surface area contributed by atoms with Crippen LogP contribution in [0.3, 0.4) is 0 Å². The smallest absolute Gasteiger partial charge is 0.254 e. The first-order valence-corrected chi connectivity index (χ1v) is 8.10. The molecule has 110 valence electrons. The van der Waals surface area contributed by atoms with Crippen LogP contribution >= 0.6 is 0 Å². The van der Waals surface area contributed by atoms with Crippen molar-refractivity contribution in [3.05, 3.63) is 23.8 Å². The fourth-order valence-electron chi connectivity index (χ4n) is 2.33. The first kappa shape index (κ1) is 14.6. The van der Waals surface area contributed by atoms with E-state index in [1.807, 2.05) is 0 Å². The first-order valence-electron chi connectivity index (χ1n) is 6.28. The number of hydrogen-bond donors (Lipinski definition) is 1. The number of carbonyl (C=O) groups is 1. The predicted octanol–water partition coefficient (Wildman–Crippen LogP) is 0.536. The Bertz CT molecular complexity index is 627. The van der Waals surface area contributed by atoms with E-state index in [0.717, 1.165) is 0 Å². The molecule has 1 aromatic carbocycles. The highest BCUT2D eigenvalue weighted by Gasteiger charge is 2.31. The second-order valence-electron chi connectivity index (χ2n) is 4.96. The monoisotopic (exact) mass is 298 g/mol. The van der Waals surface area contributed by atoms with Crippen LogP contribution in [0.5, 0.6) is 5.75 Å². The molecule has 0 bridgehead atoms. The molecule has 0 spiro atoms. The molecule has 1 fully saturated rings. The molecule has 20 heavy (non-hydrogen) atoms. The van der Waals surface area contributed by atoms with Crippen LogP contribution in [0, 0.1) is 0 Å². The number of methoxy groups -OCH3 is 1. The van der Waals surface area contributed by atoms with Gasteiger partial charge in [-0.25, -0.2) is 8.42 Å². The SMILES string of the molecule is COc1cc(N)cc(C(=O)N2CCS(=O)(=O)CC2C)c1. The number of nitrogens with two attached hydrogens (primary N) is 1. The van der Waals surface area contributed by atoms with Gasteiger partial charge in [-0.05, 0) is 19.1 Å². The Morgan fingerprint density at radius 1 is 1.40 bits per heavy atom. The van der Waals surface area contributed by atoms with Gasteiger partial charge in [0.25, 0.3) is 5.91 Å². The third-order valence-electron chi connectivity index (χ3n) is 3.34. The van der Waals surface area contributed by atoms with Gasteiger partial charge in [0.15, 0.2) is 9.84 Å². The molecule has 2 N–H and O–H groups in total. The van der Waals surface area contributed by atoms with Crippen molar-refractivity contribution in [1.82, 2.24) is 4.90 Å². The average molecular weight is 298 g/mol. The van der Waals surface area contributed by atoms with E-state index in [2.05, 4.69) is 0 Å². The molecule has 0 aromatic heterocycles. The zero-order chi connectivity index (χ0) is 14.9. The Kier molecular flexibility index (Phi) is 3.89. The van der Waals surface area contributed by atoms with E-state index in [0.29, 0.717) is 17.0 Å². The Hall–Kier alpha value is -1.76. The lowest BCUT2D eigenvalue weighted by atomic mass is 10.1. The third-order valence-corrected chi connectivity index (χ3v) is 5.14. The summed E-state index contributed by atoms with van der Waals surface area (Å²) in [5.41, 5.74) is 6.58. The Labute approximate surface area is 118 Å². The van der Waals surface area contributed by atoms with Gasteiger partial charge in [0, 0.05) is 29.9 Å². The number of sulfone groups is 1. The number of carbonyl (C=O) groups excluding carboxylic acids is 1. The van der Waals surface area contributed by atoms with Crippen LogP contribution in [0.1, 0.15) is 17.3 Å². The van der Waals surface area contributed by atoms with Gasteiger partial charge in [-0.15, -0.1) is 0 Å². The van der Waals surface area contributed by atoms with Crippen LogP contribution in [-0.4, -0.2) is 50.4 Å². The minimum atomic E-state index is -3.04. The van der Waals surface area contributed by atoms with E-state index in [1.54, 1.807) is 30.0 Å². The minimum Gasteiger partial charge on any atom is -0.497 e. The highest BCUT2D eigenvalue weighted by Crippen LogP contribution is 2.22. The zero-order valence-corrected chi connectivity index (χ0v) is 12.3. The maximum absolute atomic E-state index is 12.5. The lowest BCUT2D eigenvalue weighted by Gasteiger charge is -2.33. The number of anilines is 1. The summed E-state index contributed by atoms with van der Waals surface area (Å²) in [7, 11) is -1.55. The van der Waals surface area contributed by atoms with E-state index in [9.17, 15) is 13.2 Å². The molecule has 1 heterocycles. The number of hydrogen-bond acceptors (Lipinski definition) is 5. The molecule has 7 heteroatoms. The number of benzene rings is 1. The Balaban J connectivity index is 2.26. The summed E-state index contributed by atoms with van der Waals surface area (Å²) in [6.45, 7) is 1.94. The Morgan fingerprint density at radius 2 is 2.10 bits per heavy atom. The second kappa shape index (κ2) is 5.32. The molecular formula is C13H18N2O4S. The average Bonchev–Trinajstić information content (AvgIpc) is 2.36. The maximum Gasteiger partial charge on any atom is 0.254 e. The fourth-order valence-corrected chi connectivity index (χ4v) is 3.89. The maximum atomic E-state index is 12.5. The molecular weight excluding hydrogens is 280 g/mol. The molecule has 6 nitrogen and oxygen atoms in total. The van der Waals surface area contributed by atoms with Gasteiger partial charge in [-0.2, -0.15) is 0 Å². The van der Waals surface area contributed by atoms with Gasteiger partial charge in [-0.1, -0.05) is 0 Å². The summed E-state index contributed by atoms with van der Waals surface area (Å²) in [6.07, 6.45) is 0. The van der Waals surface area contributed by atoms with Crippen molar-refractivity contribution in [2.45, 2.75) is 13.0 Å². The standard InChI is InChI=1S/C13H18N2O4S/c1-9-8-20(17,18)4-3-15(9)13(16)10-5-11(14)7-12(6-10)19-2/h5-7,9H,3-4,8,14H2,1-2H3. The molecule has 1 saturated heterocycles. The fraction of sp³-hybridized carbons (Fsp3) is 0.462. The van der Waals surface area contributed by atoms with Crippen molar-refractivity contribution in [3.63, 3.8) is 0 Å². The highest BCUT2D eigenvalue weighted by atomic mass is 32.2. The van der Waals surface area contributed by atoms with Gasteiger partial charge < -0.3 is 15.4 Å². The summed E-state index contributed by atoms with van der Waals surface area (Å²) in [6, 6.07) is 4.46. The molecule has 0 saturated carbocycles. The molecule has 2 rings (SSSR count). The Morgan fingerprint density at radius 3 is 2.70 bits per heavy atom. The van der Waals surface area contributed by atoms with Crippen molar-refractivity contribution in [2.75, 3.05) is 30.9 Å². The van der Waals surface area contributed by atoms with Gasteiger partial charge in [-0.3, -0.25) is 4.79 Å². The summed E-state index contributed by atoms with van der Waals surface area (Å²) < 4.78 is 28.2. The molecule has 1 aliphatic rings. The molecule has 1 amide bonds. The summed E-state index contributed by atoms with van der Waals surface area (Å²) in [5.74, 6) is 0.282. The number of nitrogens with zero attached hydrogens (tertiary/aromatic N) is 1. The molecule has 0 aliphatic carbocycles. The number of ether oxygens (including phenoxy) is 1. The van der Waals surface area contributed by atoms with Crippen LogP contribution in [0.15, 0.2) is 18.2 Å². The van der Waals surface area contributed by atoms with Crippen LogP contribution in [0.2, 0.25) is 0 Å². The summed E-state index contributed by atoms with van der Waals surface area (Å²) in [5, 5.41) is 0. The molecule has 1 aliphatic heterocycles. The van der Waals surface area contributed by atoms with E-state index in [-0.39, 0.29) is 30.0 Å². The highest BCUT2D eigenvalue weighted by molar-refractivity contribution is 7.91. The number of rotatable bonds is 2. The third kappa shape index (κ3) is 3.04. The first-order chi connectivity index (χ1) is 9.32. The van der Waals surface area contributed by atoms with E-state index in [4.69, 9.17) is 10.5 Å². The van der Waals surface area contributed by atoms with Crippen LogP contribution in [-0.2, 0) is 9.84 Å². The zero-order valence-electron chi connectivity index (χ0n) is 11.5. The van der Waals surface area contributed by atoms with Crippen molar-refractivity contribution >= 4 is 21.4 Å². The van der Waals surface area contributed by atoms with E-state index < -0.39 is 9.84 Å². The number of nitrogen functional groups attached to an aromatic ring is 1. The van der Waals surface area contributed by atoms with Gasteiger partial charge in [0.2, 0.25) is 0 Å². The lowest BCUT2D eigenvalue weighted by molar-refractivity contribution is 0.0712. The van der Waals surface area contributed by atoms with E-state index in [1.165, 1.54) is 7.11 Å². The van der Waals surface area contributed by atoms with Gasteiger partial charge in [0.05, 0.1) is 18.6 Å². The van der Waals surface area contributed by atoms with Crippen LogP contribution in [0.4, 0.5) is 5.69 Å². The molecule has 1 aromatic rings. The van der Waals surface area contributed by atoms with Crippen molar-refractivity contribution in [1.29, 1.82) is 0 Å². The largest absolute Gasteiger partial charge is 0.497 e. The minimum absolute atomic E-state index is 0.00180. The topological polar surface area (TPSA) is 89.7 Å². The molecule has 0 radical (unpaired) electrons. The lowest BCUT2D eigenvalue weighted by Crippen LogP contribution is -2.49. The molecule has 1 atom stereocenters. The van der Waals surface area contributed by atoms with Crippen LogP contribution < -0.4 is 10.5 Å². The quantitative estimate of drug-likeness (QED) is 0.805. The van der Waals surface area contributed by atoms with Crippen molar-refractivity contribution in [3.8, 4) is 5.75 Å². The van der Waals surface area contributed by atoms with Crippen molar-refractivity contribution < 1.29 is 17.9 Å². The van der Waals surface area contributed by atoms with Crippen molar-refractivity contribution in [2.24, 2.45) is 0 Å². The van der Waals surface area contributed by atoms with Crippen LogP contribution in [0.25, 0.3) is 0 Å². The predicted molar refractivity (Wildman–Crippen MR) is 76.6 cm³/mol.